The molecule has 1 aromatic carbocycles. The number of carbonyl (C=O) groups is 1. The molecule has 0 amide bonds. The number of nitrogens with one attached hydrogen (secondary N) is 1. The molecule has 0 fully saturated rings. The van der Waals surface area contributed by atoms with E-state index in [0.29, 0.717) is 9.86 Å². The van der Waals surface area contributed by atoms with Gasteiger partial charge in [-0.1, -0.05) is 15.9 Å². The standard InChI is InChI=1S/C13H11BrF3N3O2/c14-7-3-4-9-8(6-7)11(18-5-1-2-10(21)22)20-12(19-9)13(15,16)17/h3-4,6H,1-2,5H2,(H,21,22)(H,18,19,20). The van der Waals surface area contributed by atoms with E-state index in [1.54, 1.807) is 12.1 Å². The largest absolute Gasteiger partial charge is 0.481 e. The first kappa shape index (κ1) is 16.5. The van der Waals surface area contributed by atoms with Crippen molar-refractivity contribution in [3.05, 3.63) is 28.5 Å². The maximum atomic E-state index is 12.8. The first-order chi connectivity index (χ1) is 10.3. The highest BCUT2D eigenvalue weighted by molar-refractivity contribution is 9.10. The highest BCUT2D eigenvalue weighted by Gasteiger charge is 2.35. The van der Waals surface area contributed by atoms with Crippen molar-refractivity contribution in [2.45, 2.75) is 19.0 Å². The van der Waals surface area contributed by atoms with Crippen LogP contribution in [0, 0.1) is 0 Å². The lowest BCUT2D eigenvalue weighted by atomic mass is 10.2. The molecule has 0 aliphatic carbocycles. The van der Waals surface area contributed by atoms with Gasteiger partial charge in [-0.3, -0.25) is 4.79 Å². The molecule has 5 nitrogen and oxygen atoms in total. The first-order valence-corrected chi connectivity index (χ1v) is 7.07. The number of carboxylic acid groups (broad SMARTS) is 1. The number of aliphatic carboxylic acids is 1. The Labute approximate surface area is 131 Å². The van der Waals surface area contributed by atoms with Crippen molar-refractivity contribution < 1.29 is 23.1 Å². The molecular weight excluding hydrogens is 367 g/mol. The van der Waals surface area contributed by atoms with Crippen LogP contribution in [0.25, 0.3) is 10.9 Å². The van der Waals surface area contributed by atoms with Gasteiger partial charge in [-0.2, -0.15) is 13.2 Å². The van der Waals surface area contributed by atoms with Gasteiger partial charge >= 0.3 is 12.1 Å². The minimum Gasteiger partial charge on any atom is -0.481 e. The van der Waals surface area contributed by atoms with Crippen LogP contribution in [0.3, 0.4) is 0 Å². The summed E-state index contributed by atoms with van der Waals surface area (Å²) in [7, 11) is 0. The molecule has 0 atom stereocenters. The molecule has 0 saturated heterocycles. The Hall–Kier alpha value is -1.90. The minimum absolute atomic E-state index is 0.0315. The van der Waals surface area contributed by atoms with Crippen molar-refractivity contribution in [3.63, 3.8) is 0 Å². The quantitative estimate of drug-likeness (QED) is 0.777. The summed E-state index contributed by atoms with van der Waals surface area (Å²) in [5, 5.41) is 11.7. The number of alkyl halides is 3. The number of aromatic nitrogens is 2. The number of hydrogen-bond acceptors (Lipinski definition) is 4. The smallest absolute Gasteiger partial charge is 0.451 e. The first-order valence-electron chi connectivity index (χ1n) is 6.27. The lowest BCUT2D eigenvalue weighted by Gasteiger charge is -2.12. The highest BCUT2D eigenvalue weighted by atomic mass is 79.9. The summed E-state index contributed by atoms with van der Waals surface area (Å²) in [5.74, 6) is -2.17. The average Bonchev–Trinajstić information content (AvgIpc) is 2.42. The zero-order valence-corrected chi connectivity index (χ0v) is 12.7. The molecule has 0 aliphatic rings. The van der Waals surface area contributed by atoms with Gasteiger partial charge in [0.2, 0.25) is 5.82 Å². The van der Waals surface area contributed by atoms with Crippen molar-refractivity contribution in [3.8, 4) is 0 Å². The van der Waals surface area contributed by atoms with Gasteiger partial charge in [-0.05, 0) is 24.6 Å². The van der Waals surface area contributed by atoms with E-state index in [9.17, 15) is 18.0 Å². The molecule has 0 spiro atoms. The predicted molar refractivity (Wildman–Crippen MR) is 77.6 cm³/mol. The van der Waals surface area contributed by atoms with Crippen LogP contribution in [0.4, 0.5) is 19.0 Å². The second-order valence-corrected chi connectivity index (χ2v) is 5.39. The van der Waals surface area contributed by atoms with Gasteiger partial charge in [0.25, 0.3) is 0 Å². The average molecular weight is 378 g/mol. The molecule has 9 heteroatoms. The molecule has 1 heterocycles. The number of hydrogen-bond donors (Lipinski definition) is 2. The Morgan fingerprint density at radius 3 is 2.68 bits per heavy atom. The van der Waals surface area contributed by atoms with Crippen LogP contribution in [0.5, 0.6) is 0 Å². The third-order valence-corrected chi connectivity index (χ3v) is 3.26. The van der Waals surface area contributed by atoms with E-state index in [-0.39, 0.29) is 30.7 Å². The lowest BCUT2D eigenvalue weighted by molar-refractivity contribution is -0.144. The van der Waals surface area contributed by atoms with Crippen LogP contribution < -0.4 is 5.32 Å². The molecule has 0 aliphatic heterocycles. The summed E-state index contributed by atoms with van der Waals surface area (Å²) in [6.45, 7) is 0.197. The summed E-state index contributed by atoms with van der Waals surface area (Å²) in [6.07, 6.45) is -4.46. The van der Waals surface area contributed by atoms with E-state index in [1.807, 2.05) is 0 Å². The summed E-state index contributed by atoms with van der Waals surface area (Å²) in [6, 6.07) is 4.65. The molecule has 2 rings (SSSR count). The molecule has 2 N–H and O–H groups in total. The molecule has 1 aromatic heterocycles. The van der Waals surface area contributed by atoms with Crippen molar-refractivity contribution in [2.75, 3.05) is 11.9 Å². The molecule has 2 aromatic rings. The Morgan fingerprint density at radius 2 is 2.05 bits per heavy atom. The summed E-state index contributed by atoms with van der Waals surface area (Å²) >= 11 is 3.24. The fourth-order valence-electron chi connectivity index (χ4n) is 1.81. The fourth-order valence-corrected chi connectivity index (χ4v) is 2.17. The SMILES string of the molecule is O=C(O)CCCNc1nc(C(F)(F)F)nc2ccc(Br)cc12. The number of benzene rings is 1. The van der Waals surface area contributed by atoms with Gasteiger partial charge in [0, 0.05) is 22.8 Å². The molecule has 0 saturated carbocycles. The number of nitrogens with zero attached hydrogens (tertiary/aromatic N) is 2. The van der Waals surface area contributed by atoms with Crippen LogP contribution in [0.1, 0.15) is 18.7 Å². The van der Waals surface area contributed by atoms with Gasteiger partial charge in [-0.15, -0.1) is 0 Å². The minimum atomic E-state index is -4.65. The summed E-state index contributed by atoms with van der Waals surface area (Å²) in [5.41, 5.74) is 0.159. The monoisotopic (exact) mass is 377 g/mol. The van der Waals surface area contributed by atoms with E-state index >= 15 is 0 Å². The summed E-state index contributed by atoms with van der Waals surface area (Å²) < 4.78 is 39.2. The lowest BCUT2D eigenvalue weighted by Crippen LogP contribution is -2.14. The topological polar surface area (TPSA) is 75.1 Å². The number of carboxylic acids is 1. The molecule has 0 radical (unpaired) electrons. The summed E-state index contributed by atoms with van der Waals surface area (Å²) in [4.78, 5) is 17.5. The normalized spacial score (nSPS) is 11.6. The molecule has 22 heavy (non-hydrogen) atoms. The van der Waals surface area contributed by atoms with E-state index < -0.39 is 18.0 Å². The van der Waals surface area contributed by atoms with Crippen LogP contribution in [-0.2, 0) is 11.0 Å². The third-order valence-electron chi connectivity index (χ3n) is 2.77. The molecular formula is C13H11BrF3N3O2. The van der Waals surface area contributed by atoms with E-state index in [1.165, 1.54) is 6.07 Å². The van der Waals surface area contributed by atoms with Crippen LogP contribution >= 0.6 is 15.9 Å². The maximum Gasteiger partial charge on any atom is 0.451 e. The van der Waals surface area contributed by atoms with E-state index in [4.69, 9.17) is 5.11 Å². The molecule has 0 unspecified atom stereocenters. The van der Waals surface area contributed by atoms with Crippen LogP contribution in [0.2, 0.25) is 0 Å². The fraction of sp³-hybridized carbons (Fsp3) is 0.308. The second-order valence-electron chi connectivity index (χ2n) is 4.48. The number of rotatable bonds is 5. The molecule has 118 valence electrons. The van der Waals surface area contributed by atoms with Crippen LogP contribution in [0.15, 0.2) is 22.7 Å². The van der Waals surface area contributed by atoms with Gasteiger partial charge in [-0.25, -0.2) is 9.97 Å². The van der Waals surface area contributed by atoms with Crippen molar-refractivity contribution in [1.82, 2.24) is 9.97 Å². The van der Waals surface area contributed by atoms with Gasteiger partial charge in [0.1, 0.15) is 5.82 Å². The maximum absolute atomic E-state index is 12.8. The van der Waals surface area contributed by atoms with Crippen molar-refractivity contribution >= 4 is 38.6 Å². The number of anilines is 1. The second kappa shape index (κ2) is 6.47. The van der Waals surface area contributed by atoms with Crippen molar-refractivity contribution in [2.24, 2.45) is 0 Å². The van der Waals surface area contributed by atoms with E-state index in [2.05, 4.69) is 31.2 Å². The van der Waals surface area contributed by atoms with Crippen LogP contribution in [-0.4, -0.2) is 27.6 Å². The number of fused-ring (bicyclic) bond motifs is 1. The molecule has 0 bridgehead atoms. The van der Waals surface area contributed by atoms with Gasteiger partial charge < -0.3 is 10.4 Å². The van der Waals surface area contributed by atoms with Crippen molar-refractivity contribution in [1.29, 1.82) is 0 Å². The zero-order valence-electron chi connectivity index (χ0n) is 11.1. The number of halogens is 4. The van der Waals surface area contributed by atoms with Gasteiger partial charge in [0.15, 0.2) is 0 Å². The van der Waals surface area contributed by atoms with E-state index in [0.717, 1.165) is 0 Å². The predicted octanol–water partition coefficient (Wildman–Crippen LogP) is 3.69. The Morgan fingerprint density at radius 1 is 1.32 bits per heavy atom. The zero-order chi connectivity index (χ0) is 16.3. The third kappa shape index (κ3) is 4.06. The Balaban J connectivity index is 2.35. The van der Waals surface area contributed by atoms with Gasteiger partial charge in [0.05, 0.1) is 5.52 Å². The Bertz CT molecular complexity index is 707. The Kier molecular flexibility index (Phi) is 4.84. The highest BCUT2D eigenvalue weighted by Crippen LogP contribution is 2.31.